The van der Waals surface area contributed by atoms with Crippen molar-refractivity contribution in [1.29, 1.82) is 5.26 Å². The van der Waals surface area contributed by atoms with Gasteiger partial charge in [0.1, 0.15) is 11.6 Å². The average Bonchev–Trinajstić information content (AvgIpc) is 3.05. The molecular weight excluding hydrogens is 424 g/mol. The summed E-state index contributed by atoms with van der Waals surface area (Å²) in [5.74, 6) is -0.204. The number of aryl methyl sites for hydroxylation is 1. The second kappa shape index (κ2) is 10.8. The van der Waals surface area contributed by atoms with E-state index in [9.17, 15) is 10.1 Å². The Morgan fingerprint density at radius 2 is 1.97 bits per heavy atom. The minimum atomic E-state index is -0.204. The lowest BCUT2D eigenvalue weighted by Crippen LogP contribution is -2.48. The predicted molar refractivity (Wildman–Crippen MR) is 127 cm³/mol. The molecule has 7 heteroatoms. The van der Waals surface area contributed by atoms with Crippen LogP contribution < -0.4 is 0 Å². The highest BCUT2D eigenvalue weighted by Gasteiger charge is 2.24. The summed E-state index contributed by atoms with van der Waals surface area (Å²) in [5, 5.41) is 10.4. The SMILES string of the molecule is COC[C@H](C)n1c(C)cc(/C=C(/C#N)C(=O)N2CCN(Cc3cccc(Cl)c3)CC2)c1C. The molecule has 1 aromatic heterocycles. The van der Waals surface area contributed by atoms with E-state index in [0.29, 0.717) is 19.7 Å². The Morgan fingerprint density at radius 3 is 2.59 bits per heavy atom. The summed E-state index contributed by atoms with van der Waals surface area (Å²) >= 11 is 6.08. The van der Waals surface area contributed by atoms with Crippen LogP contribution in [0.5, 0.6) is 0 Å². The van der Waals surface area contributed by atoms with Crippen molar-refractivity contribution < 1.29 is 9.53 Å². The fourth-order valence-electron chi connectivity index (χ4n) is 4.41. The third-order valence-electron chi connectivity index (χ3n) is 5.98. The third-order valence-corrected chi connectivity index (χ3v) is 6.21. The van der Waals surface area contributed by atoms with E-state index in [4.69, 9.17) is 16.3 Å². The van der Waals surface area contributed by atoms with Crippen LogP contribution in [0.3, 0.4) is 0 Å². The summed E-state index contributed by atoms with van der Waals surface area (Å²) in [7, 11) is 1.69. The van der Waals surface area contributed by atoms with Crippen molar-refractivity contribution in [2.75, 3.05) is 39.9 Å². The zero-order chi connectivity index (χ0) is 23.3. The van der Waals surface area contributed by atoms with E-state index in [1.807, 2.05) is 38.1 Å². The summed E-state index contributed by atoms with van der Waals surface area (Å²) < 4.78 is 7.47. The number of carbonyl (C=O) groups excluding carboxylic acids is 1. The number of amides is 1. The van der Waals surface area contributed by atoms with Crippen LogP contribution in [0.2, 0.25) is 5.02 Å². The second-order valence-electron chi connectivity index (χ2n) is 8.37. The molecule has 1 aliphatic heterocycles. The van der Waals surface area contributed by atoms with Gasteiger partial charge in [-0.1, -0.05) is 23.7 Å². The maximum absolute atomic E-state index is 13.1. The highest BCUT2D eigenvalue weighted by atomic mass is 35.5. The second-order valence-corrected chi connectivity index (χ2v) is 8.81. The van der Waals surface area contributed by atoms with Crippen LogP contribution in [0.4, 0.5) is 0 Å². The van der Waals surface area contributed by atoms with Gasteiger partial charge in [0.05, 0.1) is 12.6 Å². The number of rotatable bonds is 7. The molecule has 3 rings (SSSR count). The molecule has 2 aromatic rings. The van der Waals surface area contributed by atoms with Crippen molar-refractivity contribution in [2.24, 2.45) is 0 Å². The molecule has 0 unspecified atom stereocenters. The third kappa shape index (κ3) is 5.60. The molecule has 0 aliphatic carbocycles. The van der Waals surface area contributed by atoms with Crippen LogP contribution >= 0.6 is 11.6 Å². The van der Waals surface area contributed by atoms with Gasteiger partial charge in [-0.2, -0.15) is 5.26 Å². The number of hydrogen-bond acceptors (Lipinski definition) is 4. The molecule has 0 N–H and O–H groups in total. The molecule has 0 saturated carbocycles. The molecule has 1 atom stereocenters. The first-order valence-electron chi connectivity index (χ1n) is 10.9. The maximum Gasteiger partial charge on any atom is 0.264 e. The van der Waals surface area contributed by atoms with Gasteiger partial charge in [0.2, 0.25) is 0 Å². The molecule has 1 fully saturated rings. The molecular formula is C25H31ClN4O2. The van der Waals surface area contributed by atoms with E-state index >= 15 is 0 Å². The number of carbonyl (C=O) groups is 1. The topological polar surface area (TPSA) is 61.5 Å². The largest absolute Gasteiger partial charge is 0.383 e. The van der Waals surface area contributed by atoms with Crippen LogP contribution in [-0.2, 0) is 16.1 Å². The first-order chi connectivity index (χ1) is 15.3. The van der Waals surface area contributed by atoms with Gasteiger partial charge in [-0.05, 0) is 56.2 Å². The molecule has 32 heavy (non-hydrogen) atoms. The van der Waals surface area contributed by atoms with Gasteiger partial charge < -0.3 is 14.2 Å². The first-order valence-corrected chi connectivity index (χ1v) is 11.3. The predicted octanol–water partition coefficient (Wildman–Crippen LogP) is 4.22. The number of methoxy groups -OCH3 is 1. The molecule has 170 valence electrons. The first kappa shape index (κ1) is 24.1. The summed E-state index contributed by atoms with van der Waals surface area (Å²) in [6.45, 7) is 10.3. The van der Waals surface area contributed by atoms with E-state index in [-0.39, 0.29) is 17.5 Å². The summed E-state index contributed by atoms with van der Waals surface area (Å²) in [5.41, 5.74) is 4.34. The zero-order valence-electron chi connectivity index (χ0n) is 19.3. The standard InChI is InChI=1S/C25H31ClN4O2/c1-18-12-22(20(3)30(18)19(2)17-32-4)14-23(15-27)25(31)29-10-8-28(9-11-29)16-21-6-5-7-24(26)13-21/h5-7,12-14,19H,8-11,16-17H2,1-4H3/b23-14-/t19-/m0/s1. The monoisotopic (exact) mass is 454 g/mol. The van der Waals surface area contributed by atoms with Crippen molar-refractivity contribution in [3.8, 4) is 6.07 Å². The summed E-state index contributed by atoms with van der Waals surface area (Å²) in [6, 6.07) is 12.2. The summed E-state index contributed by atoms with van der Waals surface area (Å²) in [4.78, 5) is 17.1. The molecule has 1 aromatic carbocycles. The minimum Gasteiger partial charge on any atom is -0.383 e. The van der Waals surface area contributed by atoms with Crippen LogP contribution in [0.1, 0.15) is 35.5 Å². The molecule has 1 aliphatic rings. The zero-order valence-corrected chi connectivity index (χ0v) is 20.0. The Balaban J connectivity index is 1.67. The Morgan fingerprint density at radius 1 is 1.25 bits per heavy atom. The normalized spacial score (nSPS) is 16.1. The van der Waals surface area contributed by atoms with Gasteiger partial charge in [-0.3, -0.25) is 9.69 Å². The highest BCUT2D eigenvalue weighted by molar-refractivity contribution is 6.30. The highest BCUT2D eigenvalue weighted by Crippen LogP contribution is 2.23. The van der Waals surface area contributed by atoms with E-state index < -0.39 is 0 Å². The van der Waals surface area contributed by atoms with Gasteiger partial charge in [0.15, 0.2) is 0 Å². The number of piperazine rings is 1. The van der Waals surface area contributed by atoms with Crippen LogP contribution in [0.25, 0.3) is 6.08 Å². The lowest BCUT2D eigenvalue weighted by atomic mass is 10.1. The maximum atomic E-state index is 13.1. The fraction of sp³-hybridized carbons (Fsp3) is 0.440. The van der Waals surface area contributed by atoms with Crippen molar-refractivity contribution in [3.05, 3.63) is 63.4 Å². The molecule has 0 spiro atoms. The number of aromatic nitrogens is 1. The Hall–Kier alpha value is -2.59. The molecule has 1 amide bonds. The summed E-state index contributed by atoms with van der Waals surface area (Å²) in [6.07, 6.45) is 1.72. The Labute approximate surface area is 195 Å². The Bertz CT molecular complexity index is 1030. The van der Waals surface area contributed by atoms with Crippen LogP contribution in [-0.4, -0.2) is 60.2 Å². The molecule has 6 nitrogen and oxygen atoms in total. The quantitative estimate of drug-likeness (QED) is 0.464. The van der Waals surface area contributed by atoms with Gasteiger partial charge in [-0.15, -0.1) is 0 Å². The van der Waals surface area contributed by atoms with Gasteiger partial charge in [-0.25, -0.2) is 0 Å². The number of benzene rings is 1. The number of nitriles is 1. The lowest BCUT2D eigenvalue weighted by Gasteiger charge is -2.34. The number of ether oxygens (including phenoxy) is 1. The molecule has 1 saturated heterocycles. The van der Waals surface area contributed by atoms with Crippen molar-refractivity contribution >= 4 is 23.6 Å². The number of halogens is 1. The van der Waals surface area contributed by atoms with Crippen molar-refractivity contribution in [2.45, 2.75) is 33.4 Å². The fourth-order valence-corrected chi connectivity index (χ4v) is 4.63. The van der Waals surface area contributed by atoms with E-state index in [1.165, 1.54) is 0 Å². The number of nitrogens with zero attached hydrogens (tertiary/aromatic N) is 4. The lowest BCUT2D eigenvalue weighted by molar-refractivity contribution is -0.128. The Kier molecular flexibility index (Phi) is 8.14. The van der Waals surface area contributed by atoms with E-state index in [1.54, 1.807) is 18.1 Å². The van der Waals surface area contributed by atoms with Crippen LogP contribution in [0, 0.1) is 25.2 Å². The van der Waals surface area contributed by atoms with E-state index in [0.717, 1.165) is 47.2 Å². The van der Waals surface area contributed by atoms with Crippen molar-refractivity contribution in [1.82, 2.24) is 14.4 Å². The molecule has 0 bridgehead atoms. The smallest absolute Gasteiger partial charge is 0.264 e. The number of hydrogen-bond donors (Lipinski definition) is 0. The van der Waals surface area contributed by atoms with Gasteiger partial charge in [0, 0.05) is 56.2 Å². The van der Waals surface area contributed by atoms with Gasteiger partial charge >= 0.3 is 0 Å². The van der Waals surface area contributed by atoms with E-state index in [2.05, 4.69) is 28.5 Å². The molecule has 0 radical (unpaired) electrons. The van der Waals surface area contributed by atoms with Gasteiger partial charge in [0.25, 0.3) is 5.91 Å². The molecule has 2 heterocycles. The average molecular weight is 455 g/mol. The van der Waals surface area contributed by atoms with Crippen molar-refractivity contribution in [3.63, 3.8) is 0 Å². The minimum absolute atomic E-state index is 0.174. The van der Waals surface area contributed by atoms with Crippen LogP contribution in [0.15, 0.2) is 35.9 Å².